The predicted octanol–water partition coefficient (Wildman–Crippen LogP) is 2.53. The molecule has 0 spiro atoms. The molecule has 1 saturated carbocycles. The molecule has 0 amide bonds. The molecule has 2 aliphatic rings. The van der Waals surface area contributed by atoms with Crippen LogP contribution in [0.25, 0.3) is 0 Å². The van der Waals surface area contributed by atoms with Crippen molar-refractivity contribution in [2.45, 2.75) is 31.5 Å². The highest BCUT2D eigenvalue weighted by Gasteiger charge is 2.50. The van der Waals surface area contributed by atoms with E-state index in [2.05, 4.69) is 12.2 Å². The lowest BCUT2D eigenvalue weighted by Crippen LogP contribution is -2.46. The first-order valence-corrected chi connectivity index (χ1v) is 5.85. The van der Waals surface area contributed by atoms with Crippen LogP contribution in [0.4, 0.5) is 13.2 Å². The summed E-state index contributed by atoms with van der Waals surface area (Å²) in [4.78, 5) is 0. The second kappa shape index (κ2) is 4.28. The molecule has 4 atom stereocenters. The van der Waals surface area contributed by atoms with Crippen molar-refractivity contribution in [2.75, 3.05) is 13.2 Å². The van der Waals surface area contributed by atoms with Gasteiger partial charge in [-0.2, -0.15) is 13.2 Å². The van der Waals surface area contributed by atoms with E-state index in [0.717, 1.165) is 19.8 Å². The van der Waals surface area contributed by atoms with Gasteiger partial charge in [-0.15, -0.1) is 0 Å². The van der Waals surface area contributed by atoms with Crippen LogP contribution < -0.4 is 0 Å². The Bertz CT molecular complexity index is 309. The van der Waals surface area contributed by atoms with Crippen LogP contribution in [-0.4, -0.2) is 30.1 Å². The number of hydrogen-bond donors (Lipinski definition) is 1. The number of hydrogen-bond acceptors (Lipinski definition) is 2. The van der Waals surface area contributed by atoms with E-state index in [0.29, 0.717) is 24.4 Å². The molecular formula is C12H17F3O2. The van der Waals surface area contributed by atoms with Gasteiger partial charge in [0.05, 0.1) is 13.2 Å². The summed E-state index contributed by atoms with van der Waals surface area (Å²) in [5.74, 6) is 1.35. The quantitative estimate of drug-likeness (QED) is 0.777. The Labute approximate surface area is 98.5 Å². The highest BCUT2D eigenvalue weighted by atomic mass is 19.4. The molecule has 0 aromatic carbocycles. The molecule has 98 valence electrons. The summed E-state index contributed by atoms with van der Waals surface area (Å²) in [6, 6.07) is 0. The fraction of sp³-hybridized carbons (Fsp3) is 0.833. The molecule has 5 heteroatoms. The van der Waals surface area contributed by atoms with Gasteiger partial charge in [-0.25, -0.2) is 0 Å². The Morgan fingerprint density at radius 2 is 2.00 bits per heavy atom. The molecule has 1 N–H and O–H groups in total. The zero-order valence-electron chi connectivity index (χ0n) is 9.70. The van der Waals surface area contributed by atoms with E-state index in [-0.39, 0.29) is 0 Å². The first kappa shape index (κ1) is 12.9. The summed E-state index contributed by atoms with van der Waals surface area (Å²) in [5, 5.41) is 9.19. The molecule has 1 fully saturated rings. The highest BCUT2D eigenvalue weighted by Crippen LogP contribution is 2.43. The van der Waals surface area contributed by atoms with Gasteiger partial charge in [-0.1, -0.05) is 12.2 Å². The van der Waals surface area contributed by atoms with Crippen LogP contribution in [0.5, 0.6) is 0 Å². The number of halogens is 3. The van der Waals surface area contributed by atoms with Crippen LogP contribution in [0.2, 0.25) is 0 Å². The molecule has 2 bridgehead atoms. The third kappa shape index (κ3) is 2.65. The summed E-state index contributed by atoms with van der Waals surface area (Å²) in [6.45, 7) is 0.361. The zero-order valence-corrected chi connectivity index (χ0v) is 9.70. The fourth-order valence-corrected chi connectivity index (χ4v) is 2.58. The normalized spacial score (nSPS) is 35.2. The van der Waals surface area contributed by atoms with Crippen molar-refractivity contribution >= 4 is 0 Å². The zero-order chi connectivity index (χ0) is 12.7. The summed E-state index contributed by atoms with van der Waals surface area (Å²) in [5.41, 5.74) is -2.75. The SMILES string of the molecule is CC(O)(COCC1CC2C=CC1C2)C(F)(F)F. The van der Waals surface area contributed by atoms with Crippen molar-refractivity contribution in [3.8, 4) is 0 Å². The van der Waals surface area contributed by atoms with E-state index in [1.165, 1.54) is 0 Å². The number of allylic oxidation sites excluding steroid dienone is 2. The maximum absolute atomic E-state index is 12.3. The molecule has 0 saturated heterocycles. The van der Waals surface area contributed by atoms with Gasteiger partial charge >= 0.3 is 6.18 Å². The summed E-state index contributed by atoms with van der Waals surface area (Å²) >= 11 is 0. The molecule has 2 rings (SSSR count). The third-order valence-electron chi connectivity index (χ3n) is 3.74. The minimum absolute atomic E-state index is 0.303. The fourth-order valence-electron chi connectivity index (χ4n) is 2.58. The van der Waals surface area contributed by atoms with Gasteiger partial charge in [0.15, 0.2) is 5.60 Å². The lowest BCUT2D eigenvalue weighted by atomic mass is 9.94. The van der Waals surface area contributed by atoms with E-state index >= 15 is 0 Å². The van der Waals surface area contributed by atoms with Gasteiger partial charge in [0.2, 0.25) is 0 Å². The lowest BCUT2D eigenvalue weighted by molar-refractivity contribution is -0.268. The molecular weight excluding hydrogens is 233 g/mol. The molecule has 0 aromatic heterocycles. The minimum atomic E-state index is -4.64. The highest BCUT2D eigenvalue weighted by molar-refractivity contribution is 5.10. The average molecular weight is 250 g/mol. The predicted molar refractivity (Wildman–Crippen MR) is 56.3 cm³/mol. The summed E-state index contributed by atoms with van der Waals surface area (Å²) in [7, 11) is 0. The minimum Gasteiger partial charge on any atom is -0.379 e. The number of aliphatic hydroxyl groups is 1. The topological polar surface area (TPSA) is 29.5 Å². The Balaban J connectivity index is 1.75. The van der Waals surface area contributed by atoms with Crippen molar-refractivity contribution in [1.82, 2.24) is 0 Å². The number of ether oxygens (including phenoxy) is 1. The van der Waals surface area contributed by atoms with Gasteiger partial charge in [0.1, 0.15) is 0 Å². The molecule has 2 aliphatic carbocycles. The molecule has 17 heavy (non-hydrogen) atoms. The number of rotatable bonds is 4. The molecule has 0 heterocycles. The molecule has 2 nitrogen and oxygen atoms in total. The Hall–Kier alpha value is -0.550. The maximum atomic E-state index is 12.3. The molecule has 4 unspecified atom stereocenters. The van der Waals surface area contributed by atoms with Crippen molar-refractivity contribution in [2.24, 2.45) is 17.8 Å². The summed E-state index contributed by atoms with van der Waals surface area (Å²) < 4.78 is 42.1. The van der Waals surface area contributed by atoms with Gasteiger partial charge in [0, 0.05) is 0 Å². The van der Waals surface area contributed by atoms with Crippen molar-refractivity contribution < 1.29 is 23.0 Å². The van der Waals surface area contributed by atoms with Crippen molar-refractivity contribution in [1.29, 1.82) is 0 Å². The number of alkyl halides is 3. The second-order valence-corrected chi connectivity index (χ2v) is 5.33. The van der Waals surface area contributed by atoms with Crippen LogP contribution in [-0.2, 0) is 4.74 Å². The first-order valence-electron chi connectivity index (χ1n) is 5.85. The van der Waals surface area contributed by atoms with Crippen LogP contribution in [0.3, 0.4) is 0 Å². The Morgan fingerprint density at radius 1 is 1.29 bits per heavy atom. The van der Waals surface area contributed by atoms with Gasteiger partial charge in [0.25, 0.3) is 0 Å². The van der Waals surface area contributed by atoms with Crippen molar-refractivity contribution in [3.63, 3.8) is 0 Å². The van der Waals surface area contributed by atoms with Gasteiger partial charge in [-0.3, -0.25) is 0 Å². The average Bonchev–Trinajstić information content (AvgIpc) is 2.76. The van der Waals surface area contributed by atoms with E-state index in [1.54, 1.807) is 0 Å². The van der Waals surface area contributed by atoms with Crippen LogP contribution in [0, 0.1) is 17.8 Å². The standard InChI is InChI=1S/C12H17F3O2/c1-11(16,12(13,14)15)7-17-6-10-5-8-2-3-9(10)4-8/h2-3,8-10,16H,4-7H2,1H3. The summed E-state index contributed by atoms with van der Waals surface area (Å²) in [6.07, 6.45) is 1.76. The maximum Gasteiger partial charge on any atom is 0.419 e. The second-order valence-electron chi connectivity index (χ2n) is 5.33. The Morgan fingerprint density at radius 3 is 2.47 bits per heavy atom. The van der Waals surface area contributed by atoms with Crippen LogP contribution in [0.1, 0.15) is 19.8 Å². The molecule has 0 aromatic rings. The van der Waals surface area contributed by atoms with E-state index < -0.39 is 18.4 Å². The third-order valence-corrected chi connectivity index (χ3v) is 3.74. The van der Waals surface area contributed by atoms with Crippen LogP contribution in [0.15, 0.2) is 12.2 Å². The monoisotopic (exact) mass is 250 g/mol. The van der Waals surface area contributed by atoms with E-state index in [9.17, 15) is 18.3 Å². The smallest absolute Gasteiger partial charge is 0.379 e. The van der Waals surface area contributed by atoms with Crippen molar-refractivity contribution in [3.05, 3.63) is 12.2 Å². The Kier molecular flexibility index (Phi) is 3.25. The molecule has 0 aliphatic heterocycles. The van der Waals surface area contributed by atoms with Crippen LogP contribution >= 0.6 is 0 Å². The lowest BCUT2D eigenvalue weighted by Gasteiger charge is -2.27. The first-order chi connectivity index (χ1) is 7.79. The van der Waals surface area contributed by atoms with E-state index in [4.69, 9.17) is 4.74 Å². The van der Waals surface area contributed by atoms with Gasteiger partial charge in [-0.05, 0) is 37.5 Å². The molecule has 0 radical (unpaired) electrons. The largest absolute Gasteiger partial charge is 0.419 e. The van der Waals surface area contributed by atoms with Gasteiger partial charge < -0.3 is 9.84 Å². The number of fused-ring (bicyclic) bond motifs is 2. The van der Waals surface area contributed by atoms with E-state index in [1.807, 2.05) is 0 Å².